The standard InChI is InChI=1S/C7H6ClN5/c1-13-11-7(10-12-13)6-3-2-5(8)4-9-6/h2-4H,1H3. The van der Waals surface area contributed by atoms with Gasteiger partial charge < -0.3 is 0 Å². The second-order valence-electron chi connectivity index (χ2n) is 2.46. The Labute approximate surface area is 79.4 Å². The summed E-state index contributed by atoms with van der Waals surface area (Å²) in [6.45, 7) is 0. The molecule has 2 aromatic heterocycles. The van der Waals surface area contributed by atoms with Crippen LogP contribution in [0.4, 0.5) is 0 Å². The molecule has 0 aliphatic rings. The van der Waals surface area contributed by atoms with Crippen molar-refractivity contribution in [3.63, 3.8) is 0 Å². The van der Waals surface area contributed by atoms with Gasteiger partial charge >= 0.3 is 0 Å². The smallest absolute Gasteiger partial charge is 0.223 e. The average molecular weight is 196 g/mol. The zero-order valence-electron chi connectivity index (χ0n) is 6.85. The van der Waals surface area contributed by atoms with Gasteiger partial charge in [-0.15, -0.1) is 10.2 Å². The molecule has 0 atom stereocenters. The summed E-state index contributed by atoms with van der Waals surface area (Å²) in [5.74, 6) is 0.499. The van der Waals surface area contributed by atoms with Crippen LogP contribution >= 0.6 is 11.6 Å². The minimum absolute atomic E-state index is 0.499. The van der Waals surface area contributed by atoms with Crippen molar-refractivity contribution in [3.8, 4) is 11.5 Å². The molecule has 0 N–H and O–H groups in total. The summed E-state index contributed by atoms with van der Waals surface area (Å²) >= 11 is 5.68. The maximum atomic E-state index is 5.68. The van der Waals surface area contributed by atoms with E-state index >= 15 is 0 Å². The normalized spacial score (nSPS) is 10.3. The van der Waals surface area contributed by atoms with E-state index in [1.54, 1.807) is 25.4 Å². The zero-order valence-corrected chi connectivity index (χ0v) is 7.60. The van der Waals surface area contributed by atoms with Crippen LogP contribution in [0.15, 0.2) is 18.3 Å². The van der Waals surface area contributed by atoms with E-state index in [2.05, 4.69) is 20.4 Å². The van der Waals surface area contributed by atoms with Crippen molar-refractivity contribution in [2.75, 3.05) is 0 Å². The Kier molecular flexibility index (Phi) is 1.94. The molecule has 0 aromatic carbocycles. The van der Waals surface area contributed by atoms with Gasteiger partial charge in [0.15, 0.2) is 0 Å². The largest absolute Gasteiger partial charge is 0.251 e. The Morgan fingerprint density at radius 1 is 1.38 bits per heavy atom. The van der Waals surface area contributed by atoms with E-state index in [1.807, 2.05) is 0 Å². The van der Waals surface area contributed by atoms with Crippen molar-refractivity contribution in [2.24, 2.45) is 7.05 Å². The molecule has 0 saturated heterocycles. The minimum atomic E-state index is 0.499. The molecule has 0 radical (unpaired) electrons. The van der Waals surface area contributed by atoms with Gasteiger partial charge in [0.1, 0.15) is 5.69 Å². The molecule has 2 heterocycles. The van der Waals surface area contributed by atoms with Crippen molar-refractivity contribution in [3.05, 3.63) is 23.4 Å². The fourth-order valence-electron chi connectivity index (χ4n) is 0.895. The first kappa shape index (κ1) is 8.12. The van der Waals surface area contributed by atoms with E-state index in [4.69, 9.17) is 11.6 Å². The molecule has 0 aliphatic carbocycles. The van der Waals surface area contributed by atoms with Gasteiger partial charge in [0.2, 0.25) is 5.82 Å². The van der Waals surface area contributed by atoms with Gasteiger partial charge in [-0.3, -0.25) is 4.98 Å². The monoisotopic (exact) mass is 195 g/mol. The van der Waals surface area contributed by atoms with Crippen molar-refractivity contribution in [1.82, 2.24) is 25.2 Å². The fourth-order valence-corrected chi connectivity index (χ4v) is 1.01. The molecular formula is C7H6ClN5. The lowest BCUT2D eigenvalue weighted by Crippen LogP contribution is -1.92. The van der Waals surface area contributed by atoms with E-state index in [1.165, 1.54) is 4.80 Å². The topological polar surface area (TPSA) is 56.5 Å². The molecule has 13 heavy (non-hydrogen) atoms. The molecule has 6 heteroatoms. The molecule has 2 aromatic rings. The lowest BCUT2D eigenvalue weighted by molar-refractivity contribution is 0.630. The molecule has 2 rings (SSSR count). The first-order valence-corrected chi connectivity index (χ1v) is 3.99. The number of pyridine rings is 1. The summed E-state index contributed by atoms with van der Waals surface area (Å²) in [6.07, 6.45) is 1.55. The van der Waals surface area contributed by atoms with Crippen LogP contribution in [0.5, 0.6) is 0 Å². The van der Waals surface area contributed by atoms with E-state index < -0.39 is 0 Å². The predicted octanol–water partition coefficient (Wildman–Crippen LogP) is 0.925. The Morgan fingerprint density at radius 3 is 2.77 bits per heavy atom. The average Bonchev–Trinajstić information content (AvgIpc) is 2.53. The second-order valence-corrected chi connectivity index (χ2v) is 2.90. The Bertz CT molecular complexity index is 407. The van der Waals surface area contributed by atoms with Crippen LogP contribution in [0.2, 0.25) is 5.02 Å². The van der Waals surface area contributed by atoms with Gasteiger partial charge in [0.05, 0.1) is 12.1 Å². The number of halogens is 1. The maximum absolute atomic E-state index is 5.68. The Balaban J connectivity index is 2.41. The van der Waals surface area contributed by atoms with E-state index in [0.717, 1.165) is 0 Å². The Morgan fingerprint density at radius 2 is 2.23 bits per heavy atom. The van der Waals surface area contributed by atoms with E-state index in [0.29, 0.717) is 16.5 Å². The number of rotatable bonds is 1. The number of tetrazole rings is 1. The molecule has 0 saturated carbocycles. The van der Waals surface area contributed by atoms with Crippen LogP contribution in [-0.4, -0.2) is 25.2 Å². The van der Waals surface area contributed by atoms with Crippen LogP contribution in [0.25, 0.3) is 11.5 Å². The maximum Gasteiger partial charge on any atom is 0.223 e. The van der Waals surface area contributed by atoms with Gasteiger partial charge in [-0.05, 0) is 17.3 Å². The van der Waals surface area contributed by atoms with Gasteiger partial charge in [-0.25, -0.2) is 0 Å². The number of nitrogens with zero attached hydrogens (tertiary/aromatic N) is 5. The molecule has 0 unspecified atom stereocenters. The summed E-state index contributed by atoms with van der Waals surface area (Å²) in [5.41, 5.74) is 0.664. The SMILES string of the molecule is Cn1nnc(-c2ccc(Cl)cn2)n1. The van der Waals surface area contributed by atoms with Gasteiger partial charge in [-0.1, -0.05) is 11.6 Å². The highest BCUT2D eigenvalue weighted by Gasteiger charge is 2.04. The number of aryl methyl sites for hydroxylation is 1. The number of aromatic nitrogens is 5. The third-order valence-electron chi connectivity index (χ3n) is 1.46. The highest BCUT2D eigenvalue weighted by Crippen LogP contribution is 2.12. The van der Waals surface area contributed by atoms with Crippen molar-refractivity contribution in [2.45, 2.75) is 0 Å². The van der Waals surface area contributed by atoms with Crippen LogP contribution in [0, 0.1) is 0 Å². The van der Waals surface area contributed by atoms with Crippen molar-refractivity contribution >= 4 is 11.6 Å². The first-order chi connectivity index (χ1) is 6.25. The van der Waals surface area contributed by atoms with Crippen LogP contribution in [-0.2, 0) is 7.05 Å². The van der Waals surface area contributed by atoms with Crippen LogP contribution in [0.3, 0.4) is 0 Å². The zero-order chi connectivity index (χ0) is 9.26. The second kappa shape index (κ2) is 3.10. The molecule has 0 aliphatic heterocycles. The van der Waals surface area contributed by atoms with Crippen molar-refractivity contribution in [1.29, 1.82) is 0 Å². The molecule has 0 amide bonds. The summed E-state index contributed by atoms with van der Waals surface area (Å²) in [6, 6.07) is 3.49. The van der Waals surface area contributed by atoms with Gasteiger partial charge in [0, 0.05) is 6.20 Å². The lowest BCUT2D eigenvalue weighted by atomic mass is 10.3. The molecule has 5 nitrogen and oxygen atoms in total. The summed E-state index contributed by atoms with van der Waals surface area (Å²) in [4.78, 5) is 5.43. The number of hydrogen-bond acceptors (Lipinski definition) is 4. The summed E-state index contributed by atoms with van der Waals surface area (Å²) in [5, 5.41) is 12.1. The van der Waals surface area contributed by atoms with E-state index in [9.17, 15) is 0 Å². The highest BCUT2D eigenvalue weighted by atomic mass is 35.5. The minimum Gasteiger partial charge on any atom is -0.251 e. The van der Waals surface area contributed by atoms with E-state index in [-0.39, 0.29) is 0 Å². The summed E-state index contributed by atoms with van der Waals surface area (Å²) in [7, 11) is 1.70. The number of hydrogen-bond donors (Lipinski definition) is 0. The Hall–Kier alpha value is -1.49. The lowest BCUT2D eigenvalue weighted by Gasteiger charge is -1.92. The first-order valence-electron chi connectivity index (χ1n) is 3.61. The quantitative estimate of drug-likeness (QED) is 0.679. The summed E-state index contributed by atoms with van der Waals surface area (Å²) < 4.78 is 0. The third-order valence-corrected chi connectivity index (χ3v) is 1.69. The molecule has 66 valence electrons. The van der Waals surface area contributed by atoms with Crippen LogP contribution in [0.1, 0.15) is 0 Å². The van der Waals surface area contributed by atoms with Gasteiger partial charge in [-0.2, -0.15) is 4.80 Å². The fraction of sp³-hybridized carbons (Fsp3) is 0.143. The van der Waals surface area contributed by atoms with Gasteiger partial charge in [0.25, 0.3) is 0 Å². The van der Waals surface area contributed by atoms with Crippen molar-refractivity contribution < 1.29 is 0 Å². The van der Waals surface area contributed by atoms with Crippen LogP contribution < -0.4 is 0 Å². The third kappa shape index (κ3) is 1.65. The molecule has 0 spiro atoms. The highest BCUT2D eigenvalue weighted by molar-refractivity contribution is 6.30. The molecular weight excluding hydrogens is 190 g/mol. The molecule has 0 fully saturated rings. The molecule has 0 bridgehead atoms. The predicted molar refractivity (Wildman–Crippen MR) is 47.0 cm³/mol.